The lowest BCUT2D eigenvalue weighted by atomic mass is 9.83. The maximum Gasteiger partial charge on any atom is 0.256 e. The first kappa shape index (κ1) is 20.6. The highest BCUT2D eigenvalue weighted by molar-refractivity contribution is 6.05. The summed E-state index contributed by atoms with van der Waals surface area (Å²) >= 11 is 0. The number of aromatic nitrogens is 1. The van der Waals surface area contributed by atoms with Gasteiger partial charge in [-0.15, -0.1) is 0 Å². The molecule has 0 saturated heterocycles. The number of hydrogen-bond donors (Lipinski definition) is 1. The number of ether oxygens (including phenoxy) is 2. The minimum atomic E-state index is -0.709. The van der Waals surface area contributed by atoms with Gasteiger partial charge in [-0.25, -0.2) is 0 Å². The van der Waals surface area contributed by atoms with Gasteiger partial charge < -0.3 is 14.8 Å². The van der Waals surface area contributed by atoms with Crippen molar-refractivity contribution in [3.05, 3.63) is 30.5 Å². The molecule has 0 spiro atoms. The second-order valence-corrected chi connectivity index (χ2v) is 7.57. The summed E-state index contributed by atoms with van der Waals surface area (Å²) in [5, 5.41) is 4.03. The Balaban J connectivity index is 1.84. The van der Waals surface area contributed by atoms with Crippen molar-refractivity contribution < 1.29 is 14.3 Å². The molecule has 1 fully saturated rings. The molecule has 1 saturated carbocycles. The highest BCUT2D eigenvalue weighted by atomic mass is 16.5. The molecule has 152 valence electrons. The minimum Gasteiger partial charge on any atom is -0.491 e. The van der Waals surface area contributed by atoms with E-state index >= 15 is 0 Å². The van der Waals surface area contributed by atoms with Crippen LogP contribution < -0.4 is 10.1 Å². The lowest BCUT2D eigenvalue weighted by molar-refractivity contribution is -0.146. The summed E-state index contributed by atoms with van der Waals surface area (Å²) in [6, 6.07) is 7.68. The molecule has 0 atom stereocenters. The monoisotopic (exact) mass is 384 g/mol. The standard InChI is InChI=1S/C23H32N2O3/c1-3-5-17-27-20-12-11-19(18-10-9-15-24-21(18)20)25-22(26)23(28-16-4-2)13-7-6-8-14-23/h9-12,15H,3-8,13-14,16-17H2,1-2H3,(H,25,26). The maximum atomic E-state index is 13.2. The van der Waals surface area contributed by atoms with E-state index in [1.165, 1.54) is 6.42 Å². The fourth-order valence-electron chi connectivity index (χ4n) is 3.79. The number of benzene rings is 1. The summed E-state index contributed by atoms with van der Waals surface area (Å²) in [7, 11) is 0. The number of amides is 1. The molecule has 0 unspecified atom stereocenters. The van der Waals surface area contributed by atoms with Crippen molar-refractivity contribution in [1.29, 1.82) is 0 Å². The Morgan fingerprint density at radius 3 is 2.68 bits per heavy atom. The van der Waals surface area contributed by atoms with Crippen LogP contribution >= 0.6 is 0 Å². The fourth-order valence-corrected chi connectivity index (χ4v) is 3.79. The van der Waals surface area contributed by atoms with Crippen molar-refractivity contribution in [2.24, 2.45) is 0 Å². The maximum absolute atomic E-state index is 13.2. The second-order valence-electron chi connectivity index (χ2n) is 7.57. The van der Waals surface area contributed by atoms with Crippen molar-refractivity contribution in [1.82, 2.24) is 4.98 Å². The van der Waals surface area contributed by atoms with Crippen LogP contribution in [-0.4, -0.2) is 29.7 Å². The number of anilines is 1. The summed E-state index contributed by atoms with van der Waals surface area (Å²) in [5.74, 6) is 0.724. The third-order valence-electron chi connectivity index (χ3n) is 5.39. The van der Waals surface area contributed by atoms with Crippen LogP contribution in [0.1, 0.15) is 65.2 Å². The van der Waals surface area contributed by atoms with E-state index in [9.17, 15) is 4.79 Å². The van der Waals surface area contributed by atoms with Crippen LogP contribution in [-0.2, 0) is 9.53 Å². The number of nitrogens with zero attached hydrogens (tertiary/aromatic N) is 1. The van der Waals surface area contributed by atoms with Crippen LogP contribution in [0.2, 0.25) is 0 Å². The van der Waals surface area contributed by atoms with Gasteiger partial charge >= 0.3 is 0 Å². The first-order valence-electron chi connectivity index (χ1n) is 10.7. The fraction of sp³-hybridized carbons (Fsp3) is 0.565. The molecule has 0 bridgehead atoms. The van der Waals surface area contributed by atoms with Crippen molar-refractivity contribution in [2.75, 3.05) is 18.5 Å². The van der Waals surface area contributed by atoms with Crippen LogP contribution in [0.3, 0.4) is 0 Å². The first-order valence-corrected chi connectivity index (χ1v) is 10.7. The summed E-state index contributed by atoms with van der Waals surface area (Å²) in [5.41, 5.74) is 0.837. The van der Waals surface area contributed by atoms with Crippen molar-refractivity contribution in [3.8, 4) is 5.75 Å². The van der Waals surface area contributed by atoms with Crippen LogP contribution in [0, 0.1) is 0 Å². The predicted octanol–water partition coefficient (Wildman–Crippen LogP) is 5.48. The molecule has 1 aromatic heterocycles. The van der Waals surface area contributed by atoms with Crippen molar-refractivity contribution >= 4 is 22.5 Å². The number of hydrogen-bond acceptors (Lipinski definition) is 4. The molecule has 1 aliphatic rings. The van der Waals surface area contributed by atoms with E-state index in [2.05, 4.69) is 24.1 Å². The molecule has 3 rings (SSSR count). The lowest BCUT2D eigenvalue weighted by Crippen LogP contribution is -2.47. The summed E-state index contributed by atoms with van der Waals surface area (Å²) in [6.45, 7) is 5.49. The summed E-state index contributed by atoms with van der Waals surface area (Å²) in [6.07, 6.45) is 9.55. The topological polar surface area (TPSA) is 60.5 Å². The Morgan fingerprint density at radius 2 is 1.93 bits per heavy atom. The first-order chi connectivity index (χ1) is 13.7. The third kappa shape index (κ3) is 4.64. The number of nitrogens with one attached hydrogen (secondary N) is 1. The van der Waals surface area contributed by atoms with E-state index in [4.69, 9.17) is 9.47 Å². The molecule has 1 aliphatic carbocycles. The van der Waals surface area contributed by atoms with Gasteiger partial charge in [-0.3, -0.25) is 9.78 Å². The Bertz CT molecular complexity index is 785. The van der Waals surface area contributed by atoms with Gasteiger partial charge in [0.05, 0.1) is 12.3 Å². The Labute approximate surface area is 167 Å². The lowest BCUT2D eigenvalue weighted by Gasteiger charge is -2.35. The van der Waals surface area contributed by atoms with E-state index in [0.717, 1.165) is 67.3 Å². The number of pyridine rings is 1. The van der Waals surface area contributed by atoms with Gasteiger partial charge in [-0.05, 0) is 49.9 Å². The molecule has 0 radical (unpaired) electrons. The van der Waals surface area contributed by atoms with Crippen molar-refractivity contribution in [3.63, 3.8) is 0 Å². The number of carbonyl (C=O) groups is 1. The van der Waals surface area contributed by atoms with Gasteiger partial charge in [0.1, 0.15) is 16.9 Å². The van der Waals surface area contributed by atoms with Gasteiger partial charge in [0.25, 0.3) is 5.91 Å². The average Bonchev–Trinajstić information content (AvgIpc) is 2.74. The van der Waals surface area contributed by atoms with Gasteiger partial charge in [0.15, 0.2) is 0 Å². The molecule has 1 amide bonds. The molecule has 1 heterocycles. The molecule has 1 aromatic carbocycles. The zero-order valence-corrected chi connectivity index (χ0v) is 17.1. The zero-order chi connectivity index (χ0) is 19.8. The number of carbonyl (C=O) groups excluding carboxylic acids is 1. The van der Waals surface area contributed by atoms with E-state index in [0.29, 0.717) is 13.2 Å². The largest absolute Gasteiger partial charge is 0.491 e. The minimum absolute atomic E-state index is 0.0366. The van der Waals surface area contributed by atoms with Crippen LogP contribution in [0.25, 0.3) is 10.9 Å². The van der Waals surface area contributed by atoms with Crippen LogP contribution in [0.5, 0.6) is 5.75 Å². The van der Waals surface area contributed by atoms with E-state index < -0.39 is 5.60 Å². The number of fused-ring (bicyclic) bond motifs is 1. The summed E-state index contributed by atoms with van der Waals surface area (Å²) in [4.78, 5) is 17.7. The normalized spacial score (nSPS) is 16.1. The average molecular weight is 385 g/mol. The molecule has 0 aliphatic heterocycles. The predicted molar refractivity (Wildman–Crippen MR) is 113 cm³/mol. The number of rotatable bonds is 9. The zero-order valence-electron chi connectivity index (χ0n) is 17.1. The highest BCUT2D eigenvalue weighted by Crippen LogP contribution is 2.35. The second kappa shape index (κ2) is 9.87. The van der Waals surface area contributed by atoms with E-state index in [-0.39, 0.29) is 5.91 Å². The van der Waals surface area contributed by atoms with Crippen molar-refractivity contribution in [2.45, 2.75) is 70.8 Å². The quantitative estimate of drug-likeness (QED) is 0.581. The van der Waals surface area contributed by atoms with Gasteiger partial charge in [-0.1, -0.05) is 39.5 Å². The molecule has 1 N–H and O–H groups in total. The van der Waals surface area contributed by atoms with E-state index in [1.807, 2.05) is 24.3 Å². The van der Waals surface area contributed by atoms with E-state index in [1.54, 1.807) is 6.20 Å². The molecule has 5 nitrogen and oxygen atoms in total. The molecule has 2 aromatic rings. The third-order valence-corrected chi connectivity index (χ3v) is 5.39. The van der Waals surface area contributed by atoms with Gasteiger partial charge in [0.2, 0.25) is 0 Å². The molecule has 5 heteroatoms. The number of unbranched alkanes of at least 4 members (excludes halogenated alkanes) is 1. The Morgan fingerprint density at radius 1 is 1.11 bits per heavy atom. The van der Waals surface area contributed by atoms with Crippen LogP contribution in [0.15, 0.2) is 30.5 Å². The smallest absolute Gasteiger partial charge is 0.256 e. The molecule has 28 heavy (non-hydrogen) atoms. The highest BCUT2D eigenvalue weighted by Gasteiger charge is 2.40. The van der Waals surface area contributed by atoms with Gasteiger partial charge in [0, 0.05) is 18.2 Å². The summed E-state index contributed by atoms with van der Waals surface area (Å²) < 4.78 is 12.0. The molecular formula is C23H32N2O3. The SMILES string of the molecule is CCCCOc1ccc(NC(=O)C2(OCCC)CCCCC2)c2cccnc12. The molecular weight excluding hydrogens is 352 g/mol. The Hall–Kier alpha value is -2.14. The van der Waals surface area contributed by atoms with Crippen LogP contribution in [0.4, 0.5) is 5.69 Å². The van der Waals surface area contributed by atoms with Gasteiger partial charge in [-0.2, -0.15) is 0 Å². The Kier molecular flexibility index (Phi) is 7.26.